The molecule has 7 heteroatoms. The van der Waals surface area contributed by atoms with Gasteiger partial charge in [0.25, 0.3) is 0 Å². The lowest BCUT2D eigenvalue weighted by Gasteiger charge is -2.30. The number of piperidine rings is 1. The third kappa shape index (κ3) is 5.33. The maximum Gasteiger partial charge on any atom is 0.165 e. The van der Waals surface area contributed by atoms with Crippen molar-refractivity contribution in [2.24, 2.45) is 5.73 Å². The van der Waals surface area contributed by atoms with Crippen LogP contribution in [0.2, 0.25) is 0 Å². The molecule has 190 valence electrons. The number of nitrogens with zero attached hydrogens (tertiary/aromatic N) is 5. The number of nitrogen functional groups attached to an aromatic ring is 1. The highest BCUT2D eigenvalue weighted by atomic mass is 15.1. The average molecular weight is 494 g/mol. The van der Waals surface area contributed by atoms with Crippen LogP contribution in [0, 0.1) is 0 Å². The van der Waals surface area contributed by atoms with Crippen molar-refractivity contribution in [1.82, 2.24) is 24.4 Å². The Bertz CT molecular complexity index is 1420. The van der Waals surface area contributed by atoms with Gasteiger partial charge in [-0.2, -0.15) is 0 Å². The maximum atomic E-state index is 6.30. The summed E-state index contributed by atoms with van der Waals surface area (Å²) in [7, 11) is 0. The van der Waals surface area contributed by atoms with Crippen LogP contribution in [0.1, 0.15) is 44.4 Å². The lowest BCUT2D eigenvalue weighted by atomic mass is 10.1. The van der Waals surface area contributed by atoms with E-state index in [2.05, 4.69) is 63.9 Å². The van der Waals surface area contributed by atoms with Crippen molar-refractivity contribution < 1.29 is 0 Å². The number of pyridine rings is 2. The van der Waals surface area contributed by atoms with E-state index in [1.807, 2.05) is 31.2 Å². The SMILES string of the molecule is C/C=C(\C=C/CC)c1ccc2nc(-c3cccnc3N)n(-c3ccc(CN4CCC(N)CC4)cc3)c2n1. The fourth-order valence-electron chi connectivity index (χ4n) is 4.84. The average Bonchev–Trinajstić information content (AvgIpc) is 3.30. The summed E-state index contributed by atoms with van der Waals surface area (Å²) >= 11 is 0. The number of hydrogen-bond acceptors (Lipinski definition) is 6. The topological polar surface area (TPSA) is 98.9 Å². The van der Waals surface area contributed by atoms with E-state index in [4.69, 9.17) is 21.4 Å². The predicted molar refractivity (Wildman–Crippen MR) is 152 cm³/mol. The molecule has 5 rings (SSSR count). The highest BCUT2D eigenvalue weighted by Crippen LogP contribution is 2.31. The lowest BCUT2D eigenvalue weighted by Crippen LogP contribution is -2.39. The molecule has 4 heterocycles. The lowest BCUT2D eigenvalue weighted by molar-refractivity contribution is 0.205. The molecular formula is C30H35N7. The quantitative estimate of drug-likeness (QED) is 0.336. The Kier molecular flexibility index (Phi) is 7.44. The van der Waals surface area contributed by atoms with Gasteiger partial charge in [-0.3, -0.25) is 9.47 Å². The minimum absolute atomic E-state index is 0.337. The minimum Gasteiger partial charge on any atom is -0.383 e. The van der Waals surface area contributed by atoms with Gasteiger partial charge in [0.2, 0.25) is 0 Å². The maximum absolute atomic E-state index is 6.30. The normalized spacial score (nSPS) is 15.7. The summed E-state index contributed by atoms with van der Waals surface area (Å²) in [6.07, 6.45) is 11.1. The number of imidazole rings is 1. The zero-order chi connectivity index (χ0) is 25.8. The van der Waals surface area contributed by atoms with Crippen LogP contribution in [0.25, 0.3) is 33.8 Å². The first-order chi connectivity index (χ1) is 18.1. The van der Waals surface area contributed by atoms with E-state index in [9.17, 15) is 0 Å². The van der Waals surface area contributed by atoms with Gasteiger partial charge in [-0.1, -0.05) is 37.3 Å². The smallest absolute Gasteiger partial charge is 0.165 e. The highest BCUT2D eigenvalue weighted by molar-refractivity contribution is 5.85. The molecule has 1 aliphatic heterocycles. The first-order valence-electron chi connectivity index (χ1n) is 13.1. The first kappa shape index (κ1) is 24.9. The minimum atomic E-state index is 0.337. The Morgan fingerprint density at radius 3 is 2.54 bits per heavy atom. The summed E-state index contributed by atoms with van der Waals surface area (Å²) in [5.41, 5.74) is 19.0. The van der Waals surface area contributed by atoms with E-state index in [0.29, 0.717) is 11.9 Å². The van der Waals surface area contributed by atoms with E-state index in [-0.39, 0.29) is 0 Å². The number of allylic oxidation sites excluding steroid dienone is 4. The fourth-order valence-corrected chi connectivity index (χ4v) is 4.84. The number of fused-ring (bicyclic) bond motifs is 1. The molecule has 0 spiro atoms. The number of aromatic nitrogens is 4. The zero-order valence-electron chi connectivity index (χ0n) is 21.6. The van der Waals surface area contributed by atoms with Gasteiger partial charge in [-0.05, 0) is 86.8 Å². The molecule has 1 aromatic carbocycles. The number of hydrogen-bond donors (Lipinski definition) is 2. The molecule has 4 N–H and O–H groups in total. The second-order valence-electron chi connectivity index (χ2n) is 9.58. The summed E-state index contributed by atoms with van der Waals surface area (Å²) in [6.45, 7) is 7.19. The van der Waals surface area contributed by atoms with Crippen molar-refractivity contribution in [1.29, 1.82) is 0 Å². The highest BCUT2D eigenvalue weighted by Gasteiger charge is 2.20. The summed E-state index contributed by atoms with van der Waals surface area (Å²) in [6, 6.07) is 16.9. The van der Waals surface area contributed by atoms with E-state index < -0.39 is 0 Å². The van der Waals surface area contributed by atoms with Crippen molar-refractivity contribution in [3.8, 4) is 17.1 Å². The molecular weight excluding hydrogens is 458 g/mol. The molecule has 1 fully saturated rings. The van der Waals surface area contributed by atoms with Crippen LogP contribution >= 0.6 is 0 Å². The second-order valence-corrected chi connectivity index (χ2v) is 9.58. The number of likely N-dealkylation sites (tertiary alicyclic amines) is 1. The molecule has 0 unspecified atom stereocenters. The molecule has 37 heavy (non-hydrogen) atoms. The molecule has 0 radical (unpaired) electrons. The Morgan fingerprint density at radius 2 is 1.84 bits per heavy atom. The number of rotatable bonds is 7. The predicted octanol–water partition coefficient (Wildman–Crippen LogP) is 5.36. The fraction of sp³-hybridized carbons (Fsp3) is 0.300. The van der Waals surface area contributed by atoms with Crippen molar-refractivity contribution in [3.63, 3.8) is 0 Å². The van der Waals surface area contributed by atoms with Crippen LogP contribution in [0.5, 0.6) is 0 Å². The van der Waals surface area contributed by atoms with Gasteiger partial charge in [-0.25, -0.2) is 15.0 Å². The number of anilines is 1. The summed E-state index contributed by atoms with van der Waals surface area (Å²) in [4.78, 5) is 16.8. The number of nitrogens with two attached hydrogens (primary N) is 2. The van der Waals surface area contributed by atoms with Crippen LogP contribution in [-0.4, -0.2) is 43.6 Å². The van der Waals surface area contributed by atoms with Crippen LogP contribution in [0.4, 0.5) is 5.82 Å². The van der Waals surface area contributed by atoms with Crippen LogP contribution in [-0.2, 0) is 6.54 Å². The molecule has 4 aromatic rings. The van der Waals surface area contributed by atoms with Gasteiger partial charge in [0, 0.05) is 24.5 Å². The number of benzene rings is 1. The van der Waals surface area contributed by atoms with E-state index >= 15 is 0 Å². The van der Waals surface area contributed by atoms with E-state index in [0.717, 1.165) is 78.4 Å². The van der Waals surface area contributed by atoms with Gasteiger partial charge < -0.3 is 11.5 Å². The van der Waals surface area contributed by atoms with Gasteiger partial charge in [0.05, 0.1) is 11.3 Å². The summed E-state index contributed by atoms with van der Waals surface area (Å²) in [5.74, 6) is 1.17. The van der Waals surface area contributed by atoms with Crippen molar-refractivity contribution >= 4 is 22.6 Å². The summed E-state index contributed by atoms with van der Waals surface area (Å²) < 4.78 is 2.09. The van der Waals surface area contributed by atoms with Crippen LogP contribution < -0.4 is 11.5 Å². The van der Waals surface area contributed by atoms with E-state index in [1.54, 1.807) is 6.20 Å². The van der Waals surface area contributed by atoms with Crippen molar-refractivity contribution in [2.75, 3.05) is 18.8 Å². The molecule has 7 nitrogen and oxygen atoms in total. The van der Waals surface area contributed by atoms with Gasteiger partial charge in [-0.15, -0.1) is 0 Å². The molecule has 1 saturated heterocycles. The van der Waals surface area contributed by atoms with Crippen LogP contribution in [0.3, 0.4) is 0 Å². The third-order valence-electron chi connectivity index (χ3n) is 6.96. The van der Waals surface area contributed by atoms with Gasteiger partial charge >= 0.3 is 0 Å². The molecule has 0 bridgehead atoms. The largest absolute Gasteiger partial charge is 0.383 e. The molecule has 1 aliphatic rings. The van der Waals surface area contributed by atoms with Crippen molar-refractivity contribution in [3.05, 3.63) is 84.2 Å². The third-order valence-corrected chi connectivity index (χ3v) is 6.96. The van der Waals surface area contributed by atoms with Crippen LogP contribution in [0.15, 0.2) is 73.0 Å². The standard InChI is InChI=1S/C30H35N7/c1-3-5-7-22(4-2)26-13-14-27-30(34-26)37(29(35-27)25-8-6-17-33-28(25)32)24-11-9-21(10-12-24)20-36-18-15-23(31)16-19-36/h4-14,17,23H,3,15-16,18-20,31H2,1-2H3,(H2,32,33)/b7-5-,22-4+. The molecule has 0 atom stereocenters. The molecule has 3 aromatic heterocycles. The van der Waals surface area contributed by atoms with Gasteiger partial charge in [0.15, 0.2) is 11.5 Å². The Labute approximate surface area is 218 Å². The monoisotopic (exact) mass is 493 g/mol. The molecule has 0 amide bonds. The molecule has 0 aliphatic carbocycles. The van der Waals surface area contributed by atoms with Gasteiger partial charge in [0.1, 0.15) is 11.3 Å². The second kappa shape index (κ2) is 11.1. The zero-order valence-corrected chi connectivity index (χ0v) is 21.6. The summed E-state index contributed by atoms with van der Waals surface area (Å²) in [5, 5.41) is 0. The molecule has 0 saturated carbocycles. The van der Waals surface area contributed by atoms with Crippen molar-refractivity contribution in [2.45, 2.75) is 45.7 Å². The Hall–Kier alpha value is -3.81. The Morgan fingerprint density at radius 1 is 1.05 bits per heavy atom. The Balaban J connectivity index is 1.58. The van der Waals surface area contributed by atoms with E-state index in [1.165, 1.54) is 5.56 Å². The first-order valence-corrected chi connectivity index (χ1v) is 13.1.